The summed E-state index contributed by atoms with van der Waals surface area (Å²) in [5.74, 6) is -0.610. The highest BCUT2D eigenvalue weighted by atomic mass is 16.6. The Labute approximate surface area is 126 Å². The van der Waals surface area contributed by atoms with E-state index < -0.39 is 11.5 Å². The van der Waals surface area contributed by atoms with E-state index >= 15 is 0 Å². The van der Waals surface area contributed by atoms with Gasteiger partial charge in [-0.1, -0.05) is 45.4 Å². The molecule has 1 aliphatic rings. The molecule has 1 amide bonds. The third-order valence-corrected chi connectivity index (χ3v) is 4.08. The molecule has 2 atom stereocenters. The molecule has 1 saturated heterocycles. The van der Waals surface area contributed by atoms with Gasteiger partial charge in [-0.3, -0.25) is 9.59 Å². The summed E-state index contributed by atoms with van der Waals surface area (Å²) in [5, 5.41) is 0. The number of nitrogens with zero attached hydrogens (tertiary/aromatic N) is 1. The van der Waals surface area contributed by atoms with Crippen molar-refractivity contribution in [3.63, 3.8) is 0 Å². The van der Waals surface area contributed by atoms with Gasteiger partial charge in [0.2, 0.25) is 0 Å². The van der Waals surface area contributed by atoms with Crippen LogP contribution < -0.4 is 4.90 Å². The lowest BCUT2D eigenvalue weighted by Crippen LogP contribution is -2.37. The number of ether oxygens (including phenoxy) is 1. The third-order valence-electron chi connectivity index (χ3n) is 4.08. The van der Waals surface area contributed by atoms with Crippen molar-refractivity contribution in [1.29, 1.82) is 0 Å². The normalized spacial score (nSPS) is 22.1. The van der Waals surface area contributed by atoms with E-state index in [1.807, 2.05) is 58.9 Å². The van der Waals surface area contributed by atoms with E-state index in [4.69, 9.17) is 4.74 Å². The van der Waals surface area contributed by atoms with E-state index in [1.165, 1.54) is 0 Å². The van der Waals surface area contributed by atoms with Gasteiger partial charge in [0.1, 0.15) is 7.85 Å². The quantitative estimate of drug-likeness (QED) is 0.626. The number of carbonyl (C=O) groups is 2. The molecule has 1 aromatic rings. The van der Waals surface area contributed by atoms with Crippen molar-refractivity contribution in [1.82, 2.24) is 0 Å². The van der Waals surface area contributed by atoms with Gasteiger partial charge in [0.15, 0.2) is 6.10 Å². The molecular weight excluding hydrogens is 265 g/mol. The monoisotopic (exact) mass is 287 g/mol. The molecule has 0 aliphatic carbocycles. The van der Waals surface area contributed by atoms with Crippen molar-refractivity contribution in [3.05, 3.63) is 30.3 Å². The number of para-hydroxylation sites is 1. The summed E-state index contributed by atoms with van der Waals surface area (Å²) in [6.45, 7) is 6.41. The van der Waals surface area contributed by atoms with Crippen molar-refractivity contribution < 1.29 is 14.3 Å². The predicted molar refractivity (Wildman–Crippen MR) is 85.0 cm³/mol. The Balaban J connectivity index is 2.19. The number of esters is 1. The van der Waals surface area contributed by atoms with Gasteiger partial charge in [0.05, 0.1) is 0 Å². The summed E-state index contributed by atoms with van der Waals surface area (Å²) in [5.41, 5.74) is 0.452. The van der Waals surface area contributed by atoms with Crippen LogP contribution in [0, 0.1) is 5.41 Å². The molecule has 0 bridgehead atoms. The van der Waals surface area contributed by atoms with Gasteiger partial charge in [-0.05, 0) is 12.1 Å². The van der Waals surface area contributed by atoms with E-state index in [1.54, 1.807) is 4.90 Å². The molecule has 0 N–H and O–H groups in total. The number of hydrogen-bond acceptors (Lipinski definition) is 3. The maximum absolute atomic E-state index is 12.6. The van der Waals surface area contributed by atoms with Gasteiger partial charge in [0.25, 0.3) is 5.91 Å². The molecule has 1 aliphatic heterocycles. The highest BCUT2D eigenvalue weighted by molar-refractivity contribution is 6.22. The molecule has 0 saturated carbocycles. The topological polar surface area (TPSA) is 46.6 Å². The molecule has 1 fully saturated rings. The molecule has 21 heavy (non-hydrogen) atoms. The summed E-state index contributed by atoms with van der Waals surface area (Å²) in [4.78, 5) is 26.3. The van der Waals surface area contributed by atoms with Gasteiger partial charge in [-0.25, -0.2) is 0 Å². The van der Waals surface area contributed by atoms with Crippen LogP contribution in [0.4, 0.5) is 5.69 Å². The molecule has 4 nitrogen and oxygen atoms in total. The first kappa shape index (κ1) is 15.6. The average molecular weight is 287 g/mol. The van der Waals surface area contributed by atoms with E-state index in [0.717, 1.165) is 5.69 Å². The van der Waals surface area contributed by atoms with Gasteiger partial charge in [0, 0.05) is 23.5 Å². The molecule has 0 radical (unpaired) electrons. The van der Waals surface area contributed by atoms with Crippen LogP contribution in [0.3, 0.4) is 0 Å². The van der Waals surface area contributed by atoms with E-state index in [-0.39, 0.29) is 17.7 Å². The van der Waals surface area contributed by atoms with Gasteiger partial charge < -0.3 is 9.64 Å². The van der Waals surface area contributed by atoms with Crippen LogP contribution in [0.5, 0.6) is 0 Å². The first-order chi connectivity index (χ1) is 9.86. The molecule has 1 aromatic carbocycles. The van der Waals surface area contributed by atoms with E-state index in [2.05, 4.69) is 0 Å². The summed E-state index contributed by atoms with van der Waals surface area (Å²) in [6.07, 6.45) is 0.00182. The molecule has 1 heterocycles. The zero-order chi connectivity index (χ0) is 15.6. The Morgan fingerprint density at radius 2 is 2.05 bits per heavy atom. The first-order valence-corrected chi connectivity index (χ1v) is 7.43. The summed E-state index contributed by atoms with van der Waals surface area (Å²) in [6, 6.07) is 9.50. The third kappa shape index (κ3) is 3.12. The van der Waals surface area contributed by atoms with Crippen molar-refractivity contribution in [3.8, 4) is 0 Å². The second-order valence-corrected chi connectivity index (χ2v) is 6.37. The summed E-state index contributed by atoms with van der Waals surface area (Å²) in [7, 11) is 1.82. The summed E-state index contributed by atoms with van der Waals surface area (Å²) < 4.78 is 5.51. The van der Waals surface area contributed by atoms with Gasteiger partial charge in [-0.2, -0.15) is 0 Å². The van der Waals surface area contributed by atoms with Crippen LogP contribution in [0.15, 0.2) is 30.3 Å². The highest BCUT2D eigenvalue weighted by Crippen LogP contribution is 2.36. The minimum Gasteiger partial charge on any atom is -0.452 e. The fraction of sp³-hybridized carbons (Fsp3) is 0.500. The van der Waals surface area contributed by atoms with Crippen LogP contribution in [-0.4, -0.2) is 32.4 Å². The zero-order valence-electron chi connectivity index (χ0n) is 13.1. The molecule has 0 spiro atoms. The van der Waals surface area contributed by atoms with E-state index in [0.29, 0.717) is 13.0 Å². The average Bonchev–Trinajstić information content (AvgIpc) is 2.70. The maximum atomic E-state index is 12.6. The van der Waals surface area contributed by atoms with Crippen LogP contribution in [0.25, 0.3) is 0 Å². The van der Waals surface area contributed by atoms with Crippen LogP contribution in [0.1, 0.15) is 27.2 Å². The molecule has 0 aromatic heterocycles. The standard InChI is InChI=1S/C16H22BNO3/c1-4-12(17)15(20)21-13-14(19)18(10-16(13,2)3)11-8-6-5-7-9-11/h5-9,12-13H,4,10,17H2,1-3H3/t12-,13-/m1/s1. The number of anilines is 1. The SMILES string of the molecule is B[C@H](CC)C(=O)O[C@@H]1C(=O)N(c2ccccc2)CC1(C)C. The second-order valence-electron chi connectivity index (χ2n) is 6.37. The summed E-state index contributed by atoms with van der Waals surface area (Å²) >= 11 is 0. The Hall–Kier alpha value is -1.78. The second kappa shape index (κ2) is 5.92. The first-order valence-electron chi connectivity index (χ1n) is 7.43. The van der Waals surface area contributed by atoms with Crippen molar-refractivity contribution in [2.45, 2.75) is 39.1 Å². The van der Waals surface area contributed by atoms with E-state index in [9.17, 15) is 9.59 Å². The largest absolute Gasteiger partial charge is 0.452 e. The number of benzene rings is 1. The van der Waals surface area contributed by atoms with Crippen molar-refractivity contribution in [2.24, 2.45) is 5.41 Å². The lowest BCUT2D eigenvalue weighted by atomic mass is 9.84. The van der Waals surface area contributed by atoms with Gasteiger partial charge in [-0.15, -0.1) is 0 Å². The lowest BCUT2D eigenvalue weighted by molar-refractivity contribution is -0.158. The number of carbonyl (C=O) groups excluding carboxylic acids is 2. The fourth-order valence-electron chi connectivity index (χ4n) is 2.48. The molecular formula is C16H22BNO3. The van der Waals surface area contributed by atoms with Crippen LogP contribution >= 0.6 is 0 Å². The molecule has 0 unspecified atom stereocenters. The smallest absolute Gasteiger partial charge is 0.301 e. The Morgan fingerprint density at radius 3 is 2.62 bits per heavy atom. The Bertz CT molecular complexity index is 530. The van der Waals surface area contributed by atoms with Crippen molar-refractivity contribution >= 4 is 25.4 Å². The molecule has 5 heteroatoms. The number of amides is 1. The molecule has 112 valence electrons. The predicted octanol–water partition coefficient (Wildman–Crippen LogP) is 1.80. The number of rotatable bonds is 4. The fourth-order valence-corrected chi connectivity index (χ4v) is 2.48. The minimum absolute atomic E-state index is 0.136. The number of hydrogen-bond donors (Lipinski definition) is 0. The highest BCUT2D eigenvalue weighted by Gasteiger charge is 2.49. The van der Waals surface area contributed by atoms with Crippen LogP contribution in [0.2, 0.25) is 5.82 Å². The minimum atomic E-state index is -0.709. The zero-order valence-corrected chi connectivity index (χ0v) is 13.1. The molecule has 2 rings (SSSR count). The van der Waals surface area contributed by atoms with Crippen LogP contribution in [-0.2, 0) is 14.3 Å². The van der Waals surface area contributed by atoms with Gasteiger partial charge >= 0.3 is 5.97 Å². The Kier molecular flexibility index (Phi) is 4.40. The Morgan fingerprint density at radius 1 is 1.43 bits per heavy atom. The maximum Gasteiger partial charge on any atom is 0.301 e. The van der Waals surface area contributed by atoms with Crippen molar-refractivity contribution in [2.75, 3.05) is 11.4 Å². The lowest BCUT2D eigenvalue weighted by Gasteiger charge is -2.24.